The highest BCUT2D eigenvalue weighted by molar-refractivity contribution is 5.93. The van der Waals surface area contributed by atoms with E-state index in [4.69, 9.17) is 0 Å². The smallest absolute Gasteiger partial charge is 0.182 e. The molecule has 3 aromatic heterocycles. The largest absolute Gasteiger partial charge is 0.348 e. The van der Waals surface area contributed by atoms with Gasteiger partial charge in [0.25, 0.3) is 0 Å². The van der Waals surface area contributed by atoms with Crippen LogP contribution in [-0.2, 0) is 26.7 Å². The number of imidazole rings is 2. The second kappa shape index (κ2) is 14.5. The van der Waals surface area contributed by atoms with E-state index in [2.05, 4.69) is 48.6 Å². The van der Waals surface area contributed by atoms with Crippen LogP contribution in [0.4, 0.5) is 0 Å². The Morgan fingerprint density at radius 1 is 0.886 bits per heavy atom. The van der Waals surface area contributed by atoms with Gasteiger partial charge in [-0.1, -0.05) is 20.3 Å². The number of H-pyrrole nitrogens is 1. The predicted molar refractivity (Wildman–Crippen MR) is 137 cm³/mol. The second-order valence-corrected chi connectivity index (χ2v) is 9.10. The van der Waals surface area contributed by atoms with Crippen molar-refractivity contribution in [3.63, 3.8) is 0 Å². The summed E-state index contributed by atoms with van der Waals surface area (Å²) in [5, 5.41) is 0. The summed E-state index contributed by atoms with van der Waals surface area (Å²) < 4.78 is 2.01. The quantitative estimate of drug-likeness (QED) is 0.230. The van der Waals surface area contributed by atoms with Gasteiger partial charge in [0.2, 0.25) is 0 Å². The minimum atomic E-state index is 0.0727. The van der Waals surface area contributed by atoms with E-state index in [1.807, 2.05) is 24.0 Å². The highest BCUT2D eigenvalue weighted by Gasteiger charge is 2.14. The number of Topliss-reactive ketones (excluding diaryl/α,β-unsaturated/α-hetero) is 1. The maximum absolute atomic E-state index is 12.6. The van der Waals surface area contributed by atoms with E-state index in [1.54, 1.807) is 24.8 Å². The third-order valence-electron chi connectivity index (χ3n) is 6.05. The van der Waals surface area contributed by atoms with Crippen molar-refractivity contribution in [2.75, 3.05) is 19.6 Å². The predicted octanol–water partition coefficient (Wildman–Crippen LogP) is 4.00. The van der Waals surface area contributed by atoms with Gasteiger partial charge < -0.3 is 14.5 Å². The highest BCUT2D eigenvalue weighted by Crippen LogP contribution is 2.12. The van der Waals surface area contributed by atoms with Crippen molar-refractivity contribution in [3.8, 4) is 0 Å². The van der Waals surface area contributed by atoms with Crippen molar-refractivity contribution in [1.29, 1.82) is 0 Å². The Morgan fingerprint density at radius 2 is 1.71 bits per heavy atom. The summed E-state index contributed by atoms with van der Waals surface area (Å²) in [7, 11) is 1.99. The topological polar surface area (TPSA) is 95.8 Å². The molecule has 9 nitrogen and oxygen atoms in total. The molecule has 0 aliphatic rings. The van der Waals surface area contributed by atoms with E-state index in [-0.39, 0.29) is 5.78 Å². The lowest BCUT2D eigenvalue weighted by molar-refractivity contribution is 0.0973. The first-order valence-corrected chi connectivity index (χ1v) is 12.8. The van der Waals surface area contributed by atoms with Gasteiger partial charge in [0.05, 0.1) is 31.2 Å². The number of aromatic nitrogens is 6. The third-order valence-corrected chi connectivity index (χ3v) is 6.05. The molecule has 0 amide bonds. The van der Waals surface area contributed by atoms with E-state index in [0.717, 1.165) is 56.2 Å². The van der Waals surface area contributed by atoms with Crippen LogP contribution >= 0.6 is 0 Å². The summed E-state index contributed by atoms with van der Waals surface area (Å²) in [6.07, 6.45) is 16.7. The molecule has 3 rings (SSSR count). The van der Waals surface area contributed by atoms with E-state index >= 15 is 0 Å². The first-order valence-electron chi connectivity index (χ1n) is 12.8. The molecule has 0 saturated heterocycles. The minimum absolute atomic E-state index is 0.0727. The van der Waals surface area contributed by atoms with Crippen molar-refractivity contribution in [3.05, 3.63) is 60.2 Å². The van der Waals surface area contributed by atoms with Crippen LogP contribution in [0.15, 0.2) is 37.2 Å². The lowest BCUT2D eigenvalue weighted by atomic mass is 10.1. The number of unbranched alkanes of at least 4 members (excludes halogenated alkanes) is 2. The van der Waals surface area contributed by atoms with Crippen LogP contribution in [0.3, 0.4) is 0 Å². The third kappa shape index (κ3) is 8.99. The fraction of sp³-hybridized carbons (Fsp3) is 0.577. The van der Waals surface area contributed by atoms with E-state index in [0.29, 0.717) is 31.7 Å². The summed E-state index contributed by atoms with van der Waals surface area (Å²) in [4.78, 5) is 38.2. The maximum Gasteiger partial charge on any atom is 0.182 e. The van der Waals surface area contributed by atoms with Crippen LogP contribution in [0.1, 0.15) is 80.2 Å². The summed E-state index contributed by atoms with van der Waals surface area (Å²) in [5.74, 6) is 1.92. The van der Waals surface area contributed by atoms with Crippen molar-refractivity contribution < 1.29 is 4.79 Å². The van der Waals surface area contributed by atoms with Crippen LogP contribution in [0.25, 0.3) is 0 Å². The number of hydrogen-bond donors (Lipinski definition) is 1. The number of nitrogens with one attached hydrogen (secondary N) is 1. The number of rotatable bonds is 17. The van der Waals surface area contributed by atoms with Crippen molar-refractivity contribution in [2.24, 2.45) is 7.05 Å². The molecule has 0 spiro atoms. The van der Waals surface area contributed by atoms with Gasteiger partial charge in [-0.2, -0.15) is 0 Å². The van der Waals surface area contributed by atoms with Gasteiger partial charge in [-0.25, -0.2) is 15.0 Å². The average molecular weight is 481 g/mol. The monoisotopic (exact) mass is 480 g/mol. The molecule has 35 heavy (non-hydrogen) atoms. The van der Waals surface area contributed by atoms with Gasteiger partial charge in [-0.3, -0.25) is 14.7 Å². The van der Waals surface area contributed by atoms with Crippen LogP contribution in [0.5, 0.6) is 0 Å². The van der Waals surface area contributed by atoms with Crippen LogP contribution in [0.2, 0.25) is 0 Å². The Balaban J connectivity index is 1.48. The molecule has 0 radical (unpaired) electrons. The molecule has 0 aliphatic carbocycles. The number of aryl methyl sites for hydroxylation is 1. The van der Waals surface area contributed by atoms with Crippen molar-refractivity contribution in [1.82, 2.24) is 39.3 Å². The number of carbonyl (C=O) groups excluding carboxylic acids is 1. The minimum Gasteiger partial charge on any atom is -0.348 e. The Kier molecular flexibility index (Phi) is 11.0. The molecule has 0 unspecified atom stereocenters. The summed E-state index contributed by atoms with van der Waals surface area (Å²) >= 11 is 0. The maximum atomic E-state index is 12.6. The number of carbonyl (C=O) groups is 1. The summed E-state index contributed by atoms with van der Waals surface area (Å²) in [6.45, 7) is 9.77. The fourth-order valence-electron chi connectivity index (χ4n) is 4.22. The molecule has 1 N–H and O–H groups in total. The van der Waals surface area contributed by atoms with Crippen LogP contribution in [0, 0.1) is 0 Å². The first-order chi connectivity index (χ1) is 17.1. The molecule has 9 heteroatoms. The lowest BCUT2D eigenvalue weighted by Crippen LogP contribution is -2.26. The zero-order valence-electron chi connectivity index (χ0n) is 21.5. The van der Waals surface area contributed by atoms with Crippen molar-refractivity contribution in [2.45, 2.75) is 72.0 Å². The molecule has 0 fully saturated rings. The molecule has 3 heterocycles. The van der Waals surface area contributed by atoms with Crippen LogP contribution in [-0.4, -0.2) is 64.7 Å². The molecule has 0 aromatic carbocycles. The van der Waals surface area contributed by atoms with Crippen molar-refractivity contribution >= 4 is 5.78 Å². The Hall–Kier alpha value is -2.91. The molecule has 190 valence electrons. The molecular weight excluding hydrogens is 440 g/mol. The van der Waals surface area contributed by atoms with Gasteiger partial charge >= 0.3 is 0 Å². The summed E-state index contributed by atoms with van der Waals surface area (Å²) in [5.41, 5.74) is 1.27. The molecular formula is C26H40N8O. The zero-order chi connectivity index (χ0) is 24.9. The van der Waals surface area contributed by atoms with E-state index in [1.165, 1.54) is 12.8 Å². The Labute approximate surface area is 209 Å². The zero-order valence-corrected chi connectivity index (χ0v) is 21.5. The molecule has 0 atom stereocenters. The van der Waals surface area contributed by atoms with Crippen LogP contribution < -0.4 is 0 Å². The van der Waals surface area contributed by atoms with Gasteiger partial charge in [0.15, 0.2) is 5.78 Å². The molecule has 3 aromatic rings. The average Bonchev–Trinajstić information content (AvgIpc) is 3.51. The fourth-order valence-corrected chi connectivity index (χ4v) is 4.22. The SMILES string of the molecule is CCCN(CCC)CCCCCC(=O)c1cnc(CN(Cc2ncc[nH]2)Cc2nccn2C)cn1. The lowest BCUT2D eigenvalue weighted by Gasteiger charge is -2.20. The summed E-state index contributed by atoms with van der Waals surface area (Å²) in [6, 6.07) is 0. The van der Waals surface area contributed by atoms with Gasteiger partial charge in [-0.15, -0.1) is 0 Å². The van der Waals surface area contributed by atoms with Gasteiger partial charge in [0, 0.05) is 44.8 Å². The highest BCUT2D eigenvalue weighted by atomic mass is 16.1. The molecule has 0 aliphatic heterocycles. The Morgan fingerprint density at radius 3 is 2.34 bits per heavy atom. The van der Waals surface area contributed by atoms with Gasteiger partial charge in [0.1, 0.15) is 17.3 Å². The number of hydrogen-bond acceptors (Lipinski definition) is 7. The molecule has 0 saturated carbocycles. The standard InChI is InChI=1S/C26H40N8O/c1-4-13-33(14-5-2)15-8-6-7-9-24(35)23-18-30-22(17-31-23)19-34(20-25-27-10-11-28-25)21-26-29-12-16-32(26)3/h10-12,16-18H,4-9,13-15,19-21H2,1-3H3,(H,27,28). The van der Waals surface area contributed by atoms with Gasteiger partial charge in [-0.05, 0) is 45.3 Å². The molecule has 0 bridgehead atoms. The van der Waals surface area contributed by atoms with E-state index in [9.17, 15) is 4.79 Å². The van der Waals surface area contributed by atoms with E-state index < -0.39 is 0 Å². The normalized spacial score (nSPS) is 11.6. The first kappa shape index (κ1) is 26.7. The number of nitrogens with zero attached hydrogens (tertiary/aromatic N) is 7. The Bertz CT molecular complexity index is 977. The number of aromatic amines is 1. The number of ketones is 1. The second-order valence-electron chi connectivity index (χ2n) is 9.10.